The number of likely N-dealkylation sites (tertiary alicyclic amines) is 1. The Bertz CT molecular complexity index is 411. The molecule has 2 heterocycles. The van der Waals surface area contributed by atoms with Gasteiger partial charge in [-0.25, -0.2) is 0 Å². The van der Waals surface area contributed by atoms with Crippen molar-refractivity contribution in [3.63, 3.8) is 0 Å². The zero-order valence-electron chi connectivity index (χ0n) is 15.1. The van der Waals surface area contributed by atoms with Crippen molar-refractivity contribution in [3.05, 3.63) is 0 Å². The van der Waals surface area contributed by atoms with Crippen molar-refractivity contribution in [2.45, 2.75) is 45.7 Å². The lowest BCUT2D eigenvalue weighted by Crippen LogP contribution is -2.53. The van der Waals surface area contributed by atoms with E-state index in [-0.39, 0.29) is 11.8 Å². The van der Waals surface area contributed by atoms with Crippen LogP contribution < -0.4 is 0 Å². The summed E-state index contributed by atoms with van der Waals surface area (Å²) in [4.78, 5) is 32.3. The SMILES string of the molecule is CC(=O)N1CCN(C(=O)CN(C)C2CCN(C(C)C)CC2)CC1. The Balaban J connectivity index is 1.74. The fourth-order valence-electron chi connectivity index (χ4n) is 3.56. The standard InChI is InChI=1S/C17H32N4O2/c1-14(2)19-7-5-16(6-8-19)18(4)13-17(23)21-11-9-20(10-12-21)15(3)22/h14,16H,5-13H2,1-4H3. The molecule has 0 aromatic heterocycles. The number of nitrogens with zero attached hydrogens (tertiary/aromatic N) is 4. The minimum absolute atomic E-state index is 0.103. The smallest absolute Gasteiger partial charge is 0.236 e. The quantitative estimate of drug-likeness (QED) is 0.755. The molecule has 2 aliphatic rings. The summed E-state index contributed by atoms with van der Waals surface area (Å²) in [6.45, 7) is 11.5. The number of hydrogen-bond acceptors (Lipinski definition) is 4. The maximum absolute atomic E-state index is 12.5. The van der Waals surface area contributed by atoms with Gasteiger partial charge in [-0.2, -0.15) is 0 Å². The lowest BCUT2D eigenvalue weighted by molar-refractivity contribution is -0.139. The van der Waals surface area contributed by atoms with Crippen LogP contribution in [0.2, 0.25) is 0 Å². The molecule has 0 atom stereocenters. The van der Waals surface area contributed by atoms with Crippen LogP contribution in [-0.4, -0.2) is 96.4 Å². The van der Waals surface area contributed by atoms with Crippen LogP contribution in [0.3, 0.4) is 0 Å². The molecule has 6 nitrogen and oxygen atoms in total. The van der Waals surface area contributed by atoms with Crippen molar-refractivity contribution in [3.8, 4) is 0 Å². The third-order valence-electron chi connectivity index (χ3n) is 5.32. The van der Waals surface area contributed by atoms with E-state index >= 15 is 0 Å². The molecule has 0 unspecified atom stereocenters. The second-order valence-corrected chi connectivity index (χ2v) is 7.16. The van der Waals surface area contributed by atoms with Gasteiger partial charge in [0.1, 0.15) is 0 Å². The zero-order chi connectivity index (χ0) is 17.0. The van der Waals surface area contributed by atoms with Gasteiger partial charge in [0.25, 0.3) is 0 Å². The van der Waals surface area contributed by atoms with Gasteiger partial charge in [-0.05, 0) is 46.8 Å². The Morgan fingerprint density at radius 3 is 2.00 bits per heavy atom. The first-order valence-electron chi connectivity index (χ1n) is 8.86. The number of carbonyl (C=O) groups is 2. The van der Waals surface area contributed by atoms with E-state index in [2.05, 4.69) is 30.7 Å². The first kappa shape index (κ1) is 18.2. The van der Waals surface area contributed by atoms with Gasteiger partial charge in [-0.3, -0.25) is 14.5 Å². The maximum atomic E-state index is 12.5. The summed E-state index contributed by atoms with van der Waals surface area (Å²) in [5, 5.41) is 0. The summed E-state index contributed by atoms with van der Waals surface area (Å²) in [6, 6.07) is 1.12. The molecule has 0 aromatic carbocycles. The monoisotopic (exact) mass is 324 g/mol. The first-order chi connectivity index (χ1) is 10.9. The van der Waals surface area contributed by atoms with Crippen LogP contribution in [0.15, 0.2) is 0 Å². The first-order valence-corrected chi connectivity index (χ1v) is 8.86. The molecule has 0 aromatic rings. The Kier molecular flexibility index (Phi) is 6.41. The molecule has 0 aliphatic carbocycles. The van der Waals surface area contributed by atoms with Gasteiger partial charge in [-0.15, -0.1) is 0 Å². The molecule has 0 spiro atoms. The van der Waals surface area contributed by atoms with Gasteiger partial charge < -0.3 is 14.7 Å². The van der Waals surface area contributed by atoms with Gasteiger partial charge >= 0.3 is 0 Å². The molecule has 23 heavy (non-hydrogen) atoms. The van der Waals surface area contributed by atoms with Gasteiger partial charge in [0, 0.05) is 45.2 Å². The van der Waals surface area contributed by atoms with Crippen molar-refractivity contribution in [1.82, 2.24) is 19.6 Å². The predicted octanol–water partition coefficient (Wildman–Crippen LogP) is 0.482. The fourth-order valence-corrected chi connectivity index (χ4v) is 3.56. The number of hydrogen-bond donors (Lipinski definition) is 0. The molecule has 2 amide bonds. The maximum Gasteiger partial charge on any atom is 0.236 e. The van der Waals surface area contributed by atoms with Gasteiger partial charge in [0.15, 0.2) is 0 Å². The molecule has 2 rings (SSSR count). The molecule has 2 saturated heterocycles. The van der Waals surface area contributed by atoms with Crippen LogP contribution in [0.5, 0.6) is 0 Å². The van der Waals surface area contributed by atoms with Crippen LogP contribution >= 0.6 is 0 Å². The second-order valence-electron chi connectivity index (χ2n) is 7.16. The van der Waals surface area contributed by atoms with E-state index in [0.29, 0.717) is 44.8 Å². The number of carbonyl (C=O) groups excluding carboxylic acids is 2. The summed E-state index contributed by atoms with van der Waals surface area (Å²) in [5.74, 6) is 0.299. The summed E-state index contributed by atoms with van der Waals surface area (Å²) >= 11 is 0. The van der Waals surface area contributed by atoms with E-state index in [1.807, 2.05) is 9.80 Å². The van der Waals surface area contributed by atoms with Crippen molar-refractivity contribution in [1.29, 1.82) is 0 Å². The normalized spacial score (nSPS) is 21.3. The largest absolute Gasteiger partial charge is 0.339 e. The van der Waals surface area contributed by atoms with Crippen LogP contribution in [0.1, 0.15) is 33.6 Å². The Labute approximate surface area is 140 Å². The highest BCUT2D eigenvalue weighted by molar-refractivity contribution is 5.79. The number of piperazine rings is 1. The van der Waals surface area contributed by atoms with Crippen LogP contribution in [0.4, 0.5) is 0 Å². The molecule has 0 bridgehead atoms. The van der Waals surface area contributed by atoms with E-state index in [4.69, 9.17) is 0 Å². The number of rotatable bonds is 4. The lowest BCUT2D eigenvalue weighted by Gasteiger charge is -2.39. The molecular formula is C17H32N4O2. The van der Waals surface area contributed by atoms with E-state index in [1.165, 1.54) is 0 Å². The number of amides is 2. The highest BCUT2D eigenvalue weighted by atomic mass is 16.2. The molecule has 132 valence electrons. The highest BCUT2D eigenvalue weighted by Crippen LogP contribution is 2.17. The summed E-state index contributed by atoms with van der Waals surface area (Å²) in [7, 11) is 2.07. The Morgan fingerprint density at radius 2 is 1.52 bits per heavy atom. The van der Waals surface area contributed by atoms with E-state index < -0.39 is 0 Å². The molecule has 2 fully saturated rings. The zero-order valence-corrected chi connectivity index (χ0v) is 15.1. The Morgan fingerprint density at radius 1 is 1.00 bits per heavy atom. The summed E-state index contributed by atoms with van der Waals surface area (Å²) in [6.07, 6.45) is 2.28. The molecule has 0 N–H and O–H groups in total. The third-order valence-corrected chi connectivity index (χ3v) is 5.32. The second kappa shape index (κ2) is 8.11. The average molecular weight is 324 g/mol. The average Bonchev–Trinajstić information content (AvgIpc) is 2.54. The van der Waals surface area contributed by atoms with Crippen molar-refractivity contribution < 1.29 is 9.59 Å². The van der Waals surface area contributed by atoms with E-state index in [0.717, 1.165) is 25.9 Å². The molecular weight excluding hydrogens is 292 g/mol. The number of piperidine rings is 1. The molecule has 6 heteroatoms. The number of likely N-dealkylation sites (N-methyl/N-ethyl adjacent to an activating group) is 1. The van der Waals surface area contributed by atoms with Crippen LogP contribution in [-0.2, 0) is 9.59 Å². The summed E-state index contributed by atoms with van der Waals surface area (Å²) < 4.78 is 0. The third kappa shape index (κ3) is 4.91. The minimum Gasteiger partial charge on any atom is -0.339 e. The van der Waals surface area contributed by atoms with E-state index in [1.54, 1.807) is 6.92 Å². The molecule has 2 aliphatic heterocycles. The molecule has 0 radical (unpaired) electrons. The van der Waals surface area contributed by atoms with Gasteiger partial charge in [0.05, 0.1) is 6.54 Å². The van der Waals surface area contributed by atoms with Crippen LogP contribution in [0, 0.1) is 0 Å². The predicted molar refractivity (Wildman–Crippen MR) is 91.2 cm³/mol. The highest BCUT2D eigenvalue weighted by Gasteiger charge is 2.27. The lowest BCUT2D eigenvalue weighted by atomic mass is 10.0. The van der Waals surface area contributed by atoms with E-state index in [9.17, 15) is 9.59 Å². The van der Waals surface area contributed by atoms with Gasteiger partial charge in [-0.1, -0.05) is 0 Å². The van der Waals surface area contributed by atoms with Crippen molar-refractivity contribution in [2.75, 3.05) is 52.9 Å². The van der Waals surface area contributed by atoms with Crippen molar-refractivity contribution in [2.24, 2.45) is 0 Å². The Hall–Kier alpha value is -1.14. The minimum atomic E-state index is 0.103. The van der Waals surface area contributed by atoms with Crippen LogP contribution in [0.25, 0.3) is 0 Å². The summed E-state index contributed by atoms with van der Waals surface area (Å²) in [5.41, 5.74) is 0. The van der Waals surface area contributed by atoms with Crippen molar-refractivity contribution >= 4 is 11.8 Å². The molecule has 0 saturated carbocycles. The topological polar surface area (TPSA) is 47.1 Å². The fraction of sp³-hybridized carbons (Fsp3) is 0.882. The van der Waals surface area contributed by atoms with Gasteiger partial charge in [0.2, 0.25) is 11.8 Å².